The van der Waals surface area contributed by atoms with Gasteiger partial charge in [0.2, 0.25) is 0 Å². The van der Waals surface area contributed by atoms with Crippen molar-refractivity contribution in [2.75, 3.05) is 0 Å². The molecule has 1 N–H and O–H groups in total. The Hall–Kier alpha value is -2.77. The van der Waals surface area contributed by atoms with Crippen molar-refractivity contribution in [3.8, 4) is 0 Å². The summed E-state index contributed by atoms with van der Waals surface area (Å²) >= 11 is 0. The molecular formula is C13H13FN4O3. The van der Waals surface area contributed by atoms with Gasteiger partial charge in [-0.15, -0.1) is 0 Å². The third-order valence-corrected chi connectivity index (χ3v) is 2.80. The van der Waals surface area contributed by atoms with E-state index in [4.69, 9.17) is 0 Å². The highest BCUT2D eigenvalue weighted by Crippen LogP contribution is 2.16. The number of rotatable bonds is 5. The number of benzene rings is 1. The standard InChI is InChI=1S/C13H13FN4O3/c1-9(8-17-6-2-5-15-17)16-13(19)11-7-10(18(20)21)3-4-12(11)14/h2-7,9H,8H2,1H3,(H,16,19). The molecule has 7 nitrogen and oxygen atoms in total. The predicted molar refractivity (Wildman–Crippen MR) is 72.2 cm³/mol. The zero-order valence-corrected chi connectivity index (χ0v) is 11.2. The minimum Gasteiger partial charge on any atom is -0.348 e. The van der Waals surface area contributed by atoms with Gasteiger partial charge in [0.25, 0.3) is 11.6 Å². The monoisotopic (exact) mass is 292 g/mol. The molecule has 0 radical (unpaired) electrons. The SMILES string of the molecule is CC(Cn1cccn1)NC(=O)c1cc([N+](=O)[O-])ccc1F. The van der Waals surface area contributed by atoms with E-state index in [1.807, 2.05) is 0 Å². The molecule has 1 heterocycles. The van der Waals surface area contributed by atoms with Crippen LogP contribution in [0.4, 0.5) is 10.1 Å². The van der Waals surface area contributed by atoms with Crippen molar-refractivity contribution in [1.82, 2.24) is 15.1 Å². The quantitative estimate of drug-likeness (QED) is 0.671. The lowest BCUT2D eigenvalue weighted by Gasteiger charge is -2.14. The van der Waals surface area contributed by atoms with Crippen molar-refractivity contribution in [2.45, 2.75) is 19.5 Å². The third-order valence-electron chi connectivity index (χ3n) is 2.80. The van der Waals surface area contributed by atoms with Crippen LogP contribution in [-0.2, 0) is 6.54 Å². The number of amides is 1. The summed E-state index contributed by atoms with van der Waals surface area (Å²) in [6.07, 6.45) is 3.34. The number of nitrogens with one attached hydrogen (secondary N) is 1. The van der Waals surface area contributed by atoms with Crippen molar-refractivity contribution in [3.63, 3.8) is 0 Å². The van der Waals surface area contributed by atoms with Crippen LogP contribution in [0, 0.1) is 15.9 Å². The maximum atomic E-state index is 13.6. The summed E-state index contributed by atoms with van der Waals surface area (Å²) in [6, 6.07) is 4.28. The Morgan fingerprint density at radius 1 is 1.57 bits per heavy atom. The normalized spacial score (nSPS) is 11.9. The molecule has 0 spiro atoms. The zero-order chi connectivity index (χ0) is 15.4. The Morgan fingerprint density at radius 2 is 2.33 bits per heavy atom. The molecular weight excluding hydrogens is 279 g/mol. The fraction of sp³-hybridized carbons (Fsp3) is 0.231. The molecule has 8 heteroatoms. The fourth-order valence-electron chi connectivity index (χ4n) is 1.84. The summed E-state index contributed by atoms with van der Waals surface area (Å²) in [5.74, 6) is -1.50. The molecule has 110 valence electrons. The lowest BCUT2D eigenvalue weighted by Crippen LogP contribution is -2.36. The second-order valence-corrected chi connectivity index (χ2v) is 4.52. The summed E-state index contributed by atoms with van der Waals surface area (Å²) in [5.41, 5.74) is -0.683. The number of halogens is 1. The summed E-state index contributed by atoms with van der Waals surface area (Å²) in [4.78, 5) is 22.0. The van der Waals surface area contributed by atoms with Crippen molar-refractivity contribution in [1.29, 1.82) is 0 Å². The van der Waals surface area contributed by atoms with Crippen LogP contribution >= 0.6 is 0 Å². The van der Waals surface area contributed by atoms with Gasteiger partial charge in [-0.1, -0.05) is 0 Å². The number of nitro groups is 1. The number of non-ortho nitro benzene ring substituents is 1. The lowest BCUT2D eigenvalue weighted by molar-refractivity contribution is -0.384. The summed E-state index contributed by atoms with van der Waals surface area (Å²) in [7, 11) is 0. The molecule has 1 aromatic heterocycles. The summed E-state index contributed by atoms with van der Waals surface area (Å²) in [6.45, 7) is 2.14. The minimum atomic E-state index is -0.801. The van der Waals surface area contributed by atoms with Gasteiger partial charge < -0.3 is 5.32 Å². The average Bonchev–Trinajstić information content (AvgIpc) is 2.91. The van der Waals surface area contributed by atoms with Crippen LogP contribution in [0.2, 0.25) is 0 Å². The molecule has 0 saturated carbocycles. The van der Waals surface area contributed by atoms with E-state index in [0.717, 1.165) is 18.2 Å². The number of carbonyl (C=O) groups excluding carboxylic acids is 1. The van der Waals surface area contributed by atoms with Crippen LogP contribution in [0.1, 0.15) is 17.3 Å². The van der Waals surface area contributed by atoms with Crippen molar-refractivity contribution in [2.24, 2.45) is 0 Å². The van der Waals surface area contributed by atoms with Gasteiger partial charge in [0.1, 0.15) is 5.82 Å². The van der Waals surface area contributed by atoms with Gasteiger partial charge in [-0.2, -0.15) is 5.10 Å². The number of hydrogen-bond donors (Lipinski definition) is 1. The molecule has 0 aliphatic heterocycles. The van der Waals surface area contributed by atoms with Crippen LogP contribution in [0.3, 0.4) is 0 Å². The first-order valence-electron chi connectivity index (χ1n) is 6.19. The topological polar surface area (TPSA) is 90.1 Å². The van der Waals surface area contributed by atoms with E-state index in [1.165, 1.54) is 0 Å². The number of aromatic nitrogens is 2. The van der Waals surface area contributed by atoms with Crippen LogP contribution in [-0.4, -0.2) is 26.7 Å². The average molecular weight is 292 g/mol. The number of nitro benzene ring substituents is 1. The first-order chi connectivity index (χ1) is 9.97. The summed E-state index contributed by atoms with van der Waals surface area (Å²) < 4.78 is 15.2. The molecule has 21 heavy (non-hydrogen) atoms. The van der Waals surface area contributed by atoms with E-state index in [1.54, 1.807) is 30.1 Å². The molecule has 2 aromatic rings. The fourth-order valence-corrected chi connectivity index (χ4v) is 1.84. The van der Waals surface area contributed by atoms with E-state index in [2.05, 4.69) is 10.4 Å². The molecule has 1 amide bonds. The van der Waals surface area contributed by atoms with Gasteiger partial charge >= 0.3 is 0 Å². The Labute approximate surface area is 119 Å². The predicted octanol–water partition coefficient (Wildman–Crippen LogP) is 1.75. The van der Waals surface area contributed by atoms with Crippen molar-refractivity contribution in [3.05, 3.63) is 58.2 Å². The minimum absolute atomic E-state index is 0.309. The van der Waals surface area contributed by atoms with Gasteiger partial charge in [-0.3, -0.25) is 19.6 Å². The largest absolute Gasteiger partial charge is 0.348 e. The van der Waals surface area contributed by atoms with Crippen LogP contribution < -0.4 is 5.32 Å². The van der Waals surface area contributed by atoms with Gasteiger partial charge in [0.05, 0.1) is 17.0 Å². The van der Waals surface area contributed by atoms with E-state index < -0.39 is 16.6 Å². The van der Waals surface area contributed by atoms with Gasteiger partial charge in [0, 0.05) is 30.6 Å². The Bertz CT molecular complexity index is 657. The molecule has 1 unspecified atom stereocenters. The Morgan fingerprint density at radius 3 is 2.95 bits per heavy atom. The van der Waals surface area contributed by atoms with E-state index in [-0.39, 0.29) is 17.3 Å². The maximum absolute atomic E-state index is 13.6. The van der Waals surface area contributed by atoms with Gasteiger partial charge in [-0.25, -0.2) is 4.39 Å². The van der Waals surface area contributed by atoms with Crippen LogP contribution in [0.25, 0.3) is 0 Å². The Kier molecular flexibility index (Phi) is 4.27. The van der Waals surface area contributed by atoms with E-state index >= 15 is 0 Å². The van der Waals surface area contributed by atoms with Crippen LogP contribution in [0.5, 0.6) is 0 Å². The molecule has 1 aromatic carbocycles. The highest BCUT2D eigenvalue weighted by molar-refractivity contribution is 5.95. The number of carbonyl (C=O) groups is 1. The number of nitrogens with zero attached hydrogens (tertiary/aromatic N) is 3. The van der Waals surface area contributed by atoms with Crippen LogP contribution in [0.15, 0.2) is 36.7 Å². The van der Waals surface area contributed by atoms with Crippen molar-refractivity contribution < 1.29 is 14.1 Å². The molecule has 0 aliphatic carbocycles. The second kappa shape index (κ2) is 6.12. The lowest BCUT2D eigenvalue weighted by atomic mass is 10.1. The molecule has 0 fully saturated rings. The first kappa shape index (κ1) is 14.6. The zero-order valence-electron chi connectivity index (χ0n) is 11.2. The second-order valence-electron chi connectivity index (χ2n) is 4.52. The van der Waals surface area contributed by atoms with E-state index in [0.29, 0.717) is 6.54 Å². The van der Waals surface area contributed by atoms with Gasteiger partial charge in [0.15, 0.2) is 0 Å². The third kappa shape index (κ3) is 3.62. The highest BCUT2D eigenvalue weighted by atomic mass is 19.1. The highest BCUT2D eigenvalue weighted by Gasteiger charge is 2.18. The Balaban J connectivity index is 2.09. The van der Waals surface area contributed by atoms with E-state index in [9.17, 15) is 19.3 Å². The molecule has 0 bridgehead atoms. The van der Waals surface area contributed by atoms with Crippen molar-refractivity contribution >= 4 is 11.6 Å². The summed E-state index contributed by atoms with van der Waals surface area (Å²) in [5, 5.41) is 17.2. The number of hydrogen-bond acceptors (Lipinski definition) is 4. The molecule has 0 saturated heterocycles. The van der Waals surface area contributed by atoms with Gasteiger partial charge in [-0.05, 0) is 19.1 Å². The molecule has 0 aliphatic rings. The smallest absolute Gasteiger partial charge is 0.270 e. The maximum Gasteiger partial charge on any atom is 0.270 e. The molecule has 1 atom stereocenters. The molecule has 2 rings (SSSR count). The first-order valence-corrected chi connectivity index (χ1v) is 6.19.